The van der Waals surface area contributed by atoms with Crippen LogP contribution in [0.25, 0.3) is 16.5 Å². The number of ketones is 1. The van der Waals surface area contributed by atoms with E-state index in [-0.39, 0.29) is 5.41 Å². The highest BCUT2D eigenvalue weighted by Crippen LogP contribution is 2.50. The van der Waals surface area contributed by atoms with E-state index in [1.807, 2.05) is 0 Å². The molecule has 2 aliphatic rings. The number of H-pyrrole nitrogens is 1. The molecule has 1 N–H and O–H groups in total. The number of Topliss-reactive ketones (excluding diaryl/α,β-unsaturated/α-hetero) is 1. The predicted octanol–water partition coefficient (Wildman–Crippen LogP) is 4.82. The number of nitrogens with one attached hydrogen (secondary N) is 1. The van der Waals surface area contributed by atoms with Crippen LogP contribution in [0, 0.1) is 5.41 Å². The number of carbonyl (C=O) groups excluding carboxylic acids is 1. The summed E-state index contributed by atoms with van der Waals surface area (Å²) in [6.45, 7) is 6.69. The van der Waals surface area contributed by atoms with Crippen LogP contribution in [0.5, 0.6) is 0 Å². The Hall–Kier alpha value is -1.83. The number of hydrogen-bond donors (Lipinski definition) is 1. The van der Waals surface area contributed by atoms with Crippen LogP contribution in [0.3, 0.4) is 0 Å². The van der Waals surface area contributed by atoms with Gasteiger partial charge in [0.25, 0.3) is 0 Å². The molecule has 0 saturated heterocycles. The summed E-state index contributed by atoms with van der Waals surface area (Å²) in [5, 5.41) is 1.21. The summed E-state index contributed by atoms with van der Waals surface area (Å²) in [7, 11) is 0. The third kappa shape index (κ3) is 1.81. The number of rotatable bonds is 0. The first-order chi connectivity index (χ1) is 9.96. The first-order valence-corrected chi connectivity index (χ1v) is 7.82. The van der Waals surface area contributed by atoms with Gasteiger partial charge in [0.1, 0.15) is 0 Å². The molecule has 21 heavy (non-hydrogen) atoms. The van der Waals surface area contributed by atoms with E-state index >= 15 is 0 Å². The van der Waals surface area contributed by atoms with Crippen LogP contribution in [0.15, 0.2) is 29.8 Å². The van der Waals surface area contributed by atoms with E-state index in [1.54, 1.807) is 0 Å². The van der Waals surface area contributed by atoms with Crippen molar-refractivity contribution in [2.45, 2.75) is 46.0 Å². The zero-order valence-electron chi connectivity index (χ0n) is 12.9. The van der Waals surface area contributed by atoms with Crippen LogP contribution in [0.4, 0.5) is 0 Å². The van der Waals surface area contributed by atoms with Crippen molar-refractivity contribution in [3.63, 3.8) is 0 Å². The lowest BCUT2D eigenvalue weighted by molar-refractivity contribution is -0.116. The normalized spacial score (nSPS) is 24.1. The van der Waals surface area contributed by atoms with Crippen LogP contribution in [0.1, 0.15) is 57.2 Å². The molecule has 0 aliphatic heterocycles. The van der Waals surface area contributed by atoms with Gasteiger partial charge in [-0.1, -0.05) is 44.5 Å². The molecule has 1 aromatic heterocycles. The molecule has 1 unspecified atom stereocenters. The molecule has 0 amide bonds. The number of benzene rings is 1. The fourth-order valence-corrected chi connectivity index (χ4v) is 4.21. The van der Waals surface area contributed by atoms with Gasteiger partial charge >= 0.3 is 0 Å². The lowest BCUT2D eigenvalue weighted by atomic mass is 9.67. The molecular formula is C19H21NO. The summed E-state index contributed by atoms with van der Waals surface area (Å²) in [4.78, 5) is 16.3. The second kappa shape index (κ2) is 4.09. The molecule has 1 atom stereocenters. The standard InChI is InChI=1S/C19H21NO/c1-11-8-12-9-19(2,3)10-15(21)16(12)17-13-6-4-5-7-14(13)20-18(11)17/h4-7,11,20H,8-10H2,1-3H3. The van der Waals surface area contributed by atoms with Crippen LogP contribution >= 0.6 is 0 Å². The number of para-hydroxylation sites is 1. The molecule has 2 aliphatic carbocycles. The van der Waals surface area contributed by atoms with Gasteiger partial charge in [-0.3, -0.25) is 4.79 Å². The average molecular weight is 279 g/mol. The Balaban J connectivity index is 2.02. The summed E-state index contributed by atoms with van der Waals surface area (Å²) >= 11 is 0. The third-order valence-electron chi connectivity index (χ3n) is 4.99. The van der Waals surface area contributed by atoms with Gasteiger partial charge in [0, 0.05) is 40.1 Å². The highest BCUT2D eigenvalue weighted by atomic mass is 16.1. The zero-order valence-corrected chi connectivity index (χ0v) is 12.9. The van der Waals surface area contributed by atoms with Gasteiger partial charge in [-0.2, -0.15) is 0 Å². The Morgan fingerprint density at radius 2 is 1.95 bits per heavy atom. The van der Waals surface area contributed by atoms with Gasteiger partial charge in [0.15, 0.2) is 5.78 Å². The zero-order chi connectivity index (χ0) is 14.8. The Morgan fingerprint density at radius 3 is 2.76 bits per heavy atom. The van der Waals surface area contributed by atoms with E-state index < -0.39 is 0 Å². The molecular weight excluding hydrogens is 258 g/mol. The van der Waals surface area contributed by atoms with Gasteiger partial charge in [0.2, 0.25) is 0 Å². The molecule has 1 aromatic carbocycles. The minimum atomic E-state index is 0.110. The Bertz CT molecular complexity index is 791. The maximum absolute atomic E-state index is 12.8. The summed E-state index contributed by atoms with van der Waals surface area (Å²) in [6.07, 6.45) is 2.74. The SMILES string of the molecule is CC1CC2=C(C(=O)CC(C)(C)C2)c2c1[nH]c1ccccc21. The summed E-state index contributed by atoms with van der Waals surface area (Å²) in [5.41, 5.74) is 6.11. The second-order valence-electron chi connectivity index (χ2n) is 7.48. The molecule has 1 heterocycles. The maximum atomic E-state index is 12.8. The molecule has 2 aromatic rings. The Kier molecular flexibility index (Phi) is 2.51. The van der Waals surface area contributed by atoms with Crippen LogP contribution in [0.2, 0.25) is 0 Å². The fourth-order valence-electron chi connectivity index (χ4n) is 4.21. The summed E-state index contributed by atoms with van der Waals surface area (Å²) in [5.74, 6) is 0.798. The molecule has 0 spiro atoms. The number of aromatic amines is 1. The minimum Gasteiger partial charge on any atom is -0.358 e. The van der Waals surface area contributed by atoms with Crippen LogP contribution in [-0.4, -0.2) is 10.8 Å². The van der Waals surface area contributed by atoms with Gasteiger partial charge < -0.3 is 4.98 Å². The van der Waals surface area contributed by atoms with Gasteiger partial charge in [-0.05, 0) is 24.3 Å². The quantitative estimate of drug-likeness (QED) is 0.737. The molecule has 0 bridgehead atoms. The largest absolute Gasteiger partial charge is 0.358 e. The van der Waals surface area contributed by atoms with Crippen LogP contribution in [-0.2, 0) is 4.79 Å². The van der Waals surface area contributed by atoms with E-state index in [0.717, 1.165) is 23.9 Å². The van der Waals surface area contributed by atoms with Crippen molar-refractivity contribution >= 4 is 22.3 Å². The topological polar surface area (TPSA) is 32.9 Å². The second-order valence-corrected chi connectivity index (χ2v) is 7.48. The van der Waals surface area contributed by atoms with Crippen molar-refractivity contribution < 1.29 is 4.79 Å². The average Bonchev–Trinajstić information content (AvgIpc) is 2.77. The monoisotopic (exact) mass is 279 g/mol. The first kappa shape index (κ1) is 12.9. The van der Waals surface area contributed by atoms with E-state index in [1.165, 1.54) is 22.2 Å². The van der Waals surface area contributed by atoms with Crippen molar-refractivity contribution in [1.82, 2.24) is 4.98 Å². The molecule has 2 nitrogen and oxygen atoms in total. The lowest BCUT2D eigenvalue weighted by Gasteiger charge is -2.36. The number of fused-ring (bicyclic) bond motifs is 4. The van der Waals surface area contributed by atoms with E-state index in [4.69, 9.17) is 0 Å². The molecule has 0 fully saturated rings. The van der Waals surface area contributed by atoms with E-state index in [0.29, 0.717) is 18.1 Å². The molecule has 0 saturated carbocycles. The van der Waals surface area contributed by atoms with Gasteiger partial charge in [-0.25, -0.2) is 0 Å². The van der Waals surface area contributed by atoms with Crippen molar-refractivity contribution in [3.8, 4) is 0 Å². The summed E-state index contributed by atoms with van der Waals surface area (Å²) in [6, 6.07) is 8.36. The van der Waals surface area contributed by atoms with Crippen molar-refractivity contribution in [1.29, 1.82) is 0 Å². The highest BCUT2D eigenvalue weighted by Gasteiger charge is 2.38. The lowest BCUT2D eigenvalue weighted by Crippen LogP contribution is -2.28. The van der Waals surface area contributed by atoms with Crippen molar-refractivity contribution in [2.75, 3.05) is 0 Å². The minimum absolute atomic E-state index is 0.110. The van der Waals surface area contributed by atoms with Crippen molar-refractivity contribution in [3.05, 3.63) is 41.1 Å². The van der Waals surface area contributed by atoms with Gasteiger partial charge in [-0.15, -0.1) is 0 Å². The summed E-state index contributed by atoms with van der Waals surface area (Å²) < 4.78 is 0. The number of carbonyl (C=O) groups is 1. The fraction of sp³-hybridized carbons (Fsp3) is 0.421. The van der Waals surface area contributed by atoms with Gasteiger partial charge in [0.05, 0.1) is 0 Å². The number of allylic oxidation sites excluding steroid dienone is 2. The Morgan fingerprint density at radius 1 is 1.19 bits per heavy atom. The molecule has 4 rings (SSSR count). The van der Waals surface area contributed by atoms with E-state index in [2.05, 4.69) is 50.0 Å². The first-order valence-electron chi connectivity index (χ1n) is 7.82. The third-order valence-corrected chi connectivity index (χ3v) is 4.99. The molecule has 2 heteroatoms. The van der Waals surface area contributed by atoms with Crippen molar-refractivity contribution in [2.24, 2.45) is 5.41 Å². The number of hydrogen-bond acceptors (Lipinski definition) is 1. The highest BCUT2D eigenvalue weighted by molar-refractivity contribution is 6.26. The predicted molar refractivity (Wildman–Crippen MR) is 86.3 cm³/mol. The number of aromatic nitrogens is 1. The smallest absolute Gasteiger partial charge is 0.164 e. The van der Waals surface area contributed by atoms with E-state index in [9.17, 15) is 4.79 Å². The molecule has 108 valence electrons. The molecule has 0 radical (unpaired) electrons. The Labute approximate surface area is 125 Å². The van der Waals surface area contributed by atoms with Crippen LogP contribution < -0.4 is 0 Å². The maximum Gasteiger partial charge on any atom is 0.164 e.